The molecule has 3 aromatic rings. The van der Waals surface area contributed by atoms with Gasteiger partial charge in [0.15, 0.2) is 5.89 Å². The number of aryl methyl sites for hydroxylation is 1. The van der Waals surface area contributed by atoms with Crippen LogP contribution in [0, 0.1) is 6.92 Å². The topological polar surface area (TPSA) is 131 Å². The molecule has 1 atom stereocenters. The number of oxazole rings is 1. The molecule has 2 aromatic heterocycles. The third-order valence-electron chi connectivity index (χ3n) is 3.94. The highest BCUT2D eigenvalue weighted by Gasteiger charge is 2.29. The largest absolute Gasteiger partial charge is 0.435 e. The third-order valence-corrected chi connectivity index (χ3v) is 3.94. The summed E-state index contributed by atoms with van der Waals surface area (Å²) in [6.45, 7) is 1.61. The smallest absolute Gasteiger partial charge is 0.290 e. The number of H-pyrrole nitrogens is 1. The predicted molar refractivity (Wildman–Crippen MR) is 96.6 cm³/mol. The van der Waals surface area contributed by atoms with E-state index in [0.29, 0.717) is 17.3 Å². The highest BCUT2D eigenvalue weighted by atomic mass is 16.4. The maximum Gasteiger partial charge on any atom is 0.290 e. The number of aromatic nitrogens is 2. The first kappa shape index (κ1) is 18.1. The summed E-state index contributed by atoms with van der Waals surface area (Å²) in [5.41, 5.74) is 6.82. The number of Topliss-reactive ketones (excluding diaryl/α,β-unsaturated/α-hetero) is 1. The van der Waals surface area contributed by atoms with E-state index in [2.05, 4.69) is 15.3 Å². The van der Waals surface area contributed by atoms with Gasteiger partial charge < -0.3 is 20.5 Å². The van der Waals surface area contributed by atoms with E-state index in [1.54, 1.807) is 49.5 Å². The van der Waals surface area contributed by atoms with Crippen LogP contribution in [0.2, 0.25) is 0 Å². The Morgan fingerprint density at radius 2 is 1.93 bits per heavy atom. The van der Waals surface area contributed by atoms with Gasteiger partial charge in [0.1, 0.15) is 11.7 Å². The molecule has 2 amide bonds. The first-order valence-electron chi connectivity index (χ1n) is 8.25. The van der Waals surface area contributed by atoms with Crippen LogP contribution in [-0.2, 0) is 16.0 Å². The second-order valence-electron chi connectivity index (χ2n) is 5.94. The van der Waals surface area contributed by atoms with Crippen LogP contribution >= 0.6 is 0 Å². The highest BCUT2D eigenvalue weighted by Crippen LogP contribution is 2.22. The number of hydrogen-bond donors (Lipinski definition) is 3. The minimum atomic E-state index is -1.12. The number of nitrogens with one attached hydrogen (secondary N) is 2. The number of aromatic amines is 1. The van der Waals surface area contributed by atoms with Crippen LogP contribution in [0.5, 0.6) is 0 Å². The number of primary amides is 1. The van der Waals surface area contributed by atoms with Crippen molar-refractivity contribution in [3.05, 3.63) is 65.9 Å². The molecule has 0 saturated heterocycles. The second kappa shape index (κ2) is 7.69. The first-order valence-corrected chi connectivity index (χ1v) is 8.25. The van der Waals surface area contributed by atoms with Crippen LogP contribution in [-0.4, -0.2) is 33.6 Å². The van der Waals surface area contributed by atoms with E-state index in [-0.39, 0.29) is 12.2 Å². The first-order chi connectivity index (χ1) is 13.0. The molecular weight excluding hydrogens is 348 g/mol. The standard InChI is InChI=1S/C19H18N4O4/c1-11-22-15(13-8-5-9-21-13)17(27-11)19(26)23-14(16(24)18(20)25)10-12-6-3-2-4-7-12/h2-9,14,21H,10H2,1H3,(H2,20,25)(H,23,26). The zero-order valence-corrected chi connectivity index (χ0v) is 14.6. The van der Waals surface area contributed by atoms with Gasteiger partial charge in [-0.3, -0.25) is 14.4 Å². The third kappa shape index (κ3) is 4.12. The Balaban J connectivity index is 1.87. The summed E-state index contributed by atoms with van der Waals surface area (Å²) in [5, 5.41) is 2.54. The average Bonchev–Trinajstić information content (AvgIpc) is 3.30. The van der Waals surface area contributed by atoms with E-state index in [1.807, 2.05) is 6.07 Å². The summed E-state index contributed by atoms with van der Waals surface area (Å²) in [4.78, 5) is 43.5. The highest BCUT2D eigenvalue weighted by molar-refractivity contribution is 6.38. The van der Waals surface area contributed by atoms with Gasteiger partial charge in [-0.15, -0.1) is 0 Å². The van der Waals surface area contributed by atoms with Crippen molar-refractivity contribution in [2.24, 2.45) is 5.73 Å². The van der Waals surface area contributed by atoms with Gasteiger partial charge in [-0.2, -0.15) is 0 Å². The number of carbonyl (C=O) groups is 3. The Kier molecular flexibility index (Phi) is 5.16. The van der Waals surface area contributed by atoms with Crippen molar-refractivity contribution in [1.82, 2.24) is 15.3 Å². The van der Waals surface area contributed by atoms with Gasteiger partial charge in [0, 0.05) is 19.5 Å². The van der Waals surface area contributed by atoms with E-state index in [0.717, 1.165) is 5.56 Å². The summed E-state index contributed by atoms with van der Waals surface area (Å²) < 4.78 is 5.42. The zero-order valence-electron chi connectivity index (χ0n) is 14.6. The summed E-state index contributed by atoms with van der Waals surface area (Å²) >= 11 is 0. The van der Waals surface area contributed by atoms with Crippen LogP contribution in [0.4, 0.5) is 0 Å². The fourth-order valence-corrected chi connectivity index (χ4v) is 2.70. The van der Waals surface area contributed by atoms with Crippen molar-refractivity contribution >= 4 is 17.6 Å². The Morgan fingerprint density at radius 1 is 1.19 bits per heavy atom. The molecule has 0 radical (unpaired) electrons. The summed E-state index contributed by atoms with van der Waals surface area (Å²) in [6.07, 6.45) is 1.81. The Morgan fingerprint density at radius 3 is 2.56 bits per heavy atom. The minimum Gasteiger partial charge on any atom is -0.435 e. The number of nitrogens with zero attached hydrogens (tertiary/aromatic N) is 1. The van der Waals surface area contributed by atoms with Crippen LogP contribution in [0.1, 0.15) is 22.0 Å². The van der Waals surface area contributed by atoms with Crippen molar-refractivity contribution in [1.29, 1.82) is 0 Å². The van der Waals surface area contributed by atoms with Gasteiger partial charge in [0.05, 0.1) is 5.69 Å². The number of ketones is 1. The van der Waals surface area contributed by atoms with E-state index < -0.39 is 23.6 Å². The van der Waals surface area contributed by atoms with Crippen LogP contribution in [0.3, 0.4) is 0 Å². The molecule has 8 heteroatoms. The van der Waals surface area contributed by atoms with E-state index in [4.69, 9.17) is 10.2 Å². The van der Waals surface area contributed by atoms with Gasteiger partial charge in [0.2, 0.25) is 11.5 Å². The minimum absolute atomic E-state index is 0.0507. The molecule has 0 spiro atoms. The fraction of sp³-hybridized carbons (Fsp3) is 0.158. The SMILES string of the molecule is Cc1nc(-c2ccc[nH]2)c(C(=O)NC(Cc2ccccc2)C(=O)C(N)=O)o1. The van der Waals surface area contributed by atoms with E-state index in [1.165, 1.54) is 0 Å². The van der Waals surface area contributed by atoms with Gasteiger partial charge in [-0.25, -0.2) is 4.98 Å². The van der Waals surface area contributed by atoms with Gasteiger partial charge in [0.25, 0.3) is 11.8 Å². The van der Waals surface area contributed by atoms with Crippen LogP contribution in [0.15, 0.2) is 53.1 Å². The van der Waals surface area contributed by atoms with Crippen molar-refractivity contribution in [3.8, 4) is 11.4 Å². The molecule has 2 heterocycles. The lowest BCUT2D eigenvalue weighted by atomic mass is 10.0. The molecule has 4 N–H and O–H groups in total. The maximum atomic E-state index is 12.7. The Bertz CT molecular complexity index is 961. The molecule has 0 aliphatic carbocycles. The molecule has 0 aliphatic heterocycles. The molecule has 0 saturated carbocycles. The zero-order chi connectivity index (χ0) is 19.4. The molecule has 1 aromatic carbocycles. The molecule has 0 bridgehead atoms. The monoisotopic (exact) mass is 366 g/mol. The van der Waals surface area contributed by atoms with Crippen molar-refractivity contribution in [2.75, 3.05) is 0 Å². The normalized spacial score (nSPS) is 11.7. The Hall–Kier alpha value is -3.68. The quantitative estimate of drug-likeness (QED) is 0.544. The van der Waals surface area contributed by atoms with Gasteiger partial charge >= 0.3 is 0 Å². The maximum absolute atomic E-state index is 12.7. The molecule has 3 rings (SSSR count). The van der Waals surface area contributed by atoms with Gasteiger partial charge in [-0.05, 0) is 17.7 Å². The fourth-order valence-electron chi connectivity index (χ4n) is 2.70. The van der Waals surface area contributed by atoms with Crippen molar-refractivity contribution in [3.63, 3.8) is 0 Å². The number of rotatable bonds is 7. The molecular formula is C19H18N4O4. The number of amides is 2. The molecule has 8 nitrogen and oxygen atoms in total. The number of benzene rings is 1. The lowest BCUT2D eigenvalue weighted by Crippen LogP contribution is -2.47. The lowest BCUT2D eigenvalue weighted by Gasteiger charge is -2.15. The molecule has 1 unspecified atom stereocenters. The van der Waals surface area contributed by atoms with Crippen LogP contribution < -0.4 is 11.1 Å². The molecule has 0 aliphatic rings. The summed E-state index contributed by atoms with van der Waals surface area (Å²) in [6, 6.07) is 11.4. The van der Waals surface area contributed by atoms with Crippen molar-refractivity contribution in [2.45, 2.75) is 19.4 Å². The molecule has 138 valence electrons. The summed E-state index contributed by atoms with van der Waals surface area (Å²) in [7, 11) is 0. The van der Waals surface area contributed by atoms with E-state index >= 15 is 0 Å². The van der Waals surface area contributed by atoms with E-state index in [9.17, 15) is 14.4 Å². The van der Waals surface area contributed by atoms with Crippen LogP contribution in [0.25, 0.3) is 11.4 Å². The predicted octanol–water partition coefficient (Wildman–Crippen LogP) is 1.37. The number of carbonyl (C=O) groups excluding carboxylic acids is 3. The summed E-state index contributed by atoms with van der Waals surface area (Å²) in [5.74, 6) is -2.41. The number of hydrogen-bond acceptors (Lipinski definition) is 5. The number of nitrogens with two attached hydrogens (primary N) is 1. The lowest BCUT2D eigenvalue weighted by molar-refractivity contribution is -0.137. The second-order valence-corrected chi connectivity index (χ2v) is 5.94. The van der Waals surface area contributed by atoms with Gasteiger partial charge in [-0.1, -0.05) is 30.3 Å². The molecule has 0 fully saturated rings. The molecule has 27 heavy (non-hydrogen) atoms. The Labute approximate surface area is 154 Å². The van der Waals surface area contributed by atoms with Crippen molar-refractivity contribution < 1.29 is 18.8 Å². The average molecular weight is 366 g/mol.